The van der Waals surface area contributed by atoms with Gasteiger partial charge in [0.05, 0.1) is 0 Å². The van der Waals surface area contributed by atoms with Crippen molar-refractivity contribution in [1.29, 1.82) is 0 Å². The van der Waals surface area contributed by atoms with E-state index in [0.29, 0.717) is 5.96 Å². The largest absolute Gasteiger partial charge is 0.378 e. The van der Waals surface area contributed by atoms with Crippen LogP contribution in [0.25, 0.3) is 0 Å². The summed E-state index contributed by atoms with van der Waals surface area (Å²) in [6.45, 7) is 2.82. The fraction of sp³-hybridized carbons (Fsp3) is 0.417. The second-order valence-corrected chi connectivity index (χ2v) is 3.94. The number of hydrogen-bond donors (Lipinski definition) is 3. The van der Waals surface area contributed by atoms with Crippen LogP contribution in [0.4, 0.5) is 11.4 Å². The summed E-state index contributed by atoms with van der Waals surface area (Å²) in [5.74, 6) is 5.99. The Bertz CT molecular complexity index is 373. The van der Waals surface area contributed by atoms with Crippen LogP contribution in [-0.2, 0) is 0 Å². The van der Waals surface area contributed by atoms with Gasteiger partial charge in [-0.3, -0.25) is 10.4 Å². The van der Waals surface area contributed by atoms with Crippen LogP contribution in [0.1, 0.15) is 13.3 Å². The molecule has 4 N–H and O–H groups in total. The van der Waals surface area contributed by atoms with Crippen molar-refractivity contribution in [2.75, 3.05) is 30.9 Å². The molecule has 0 aliphatic heterocycles. The summed E-state index contributed by atoms with van der Waals surface area (Å²) < 4.78 is 0. The Morgan fingerprint density at radius 3 is 2.76 bits per heavy atom. The number of anilines is 2. The SMILES string of the molecule is CCCN=C(NN)Nc1cccc(N(C)C)c1. The lowest BCUT2D eigenvalue weighted by Crippen LogP contribution is -2.36. The molecule has 0 aliphatic rings. The Balaban J connectivity index is 2.76. The van der Waals surface area contributed by atoms with Gasteiger partial charge in [-0.1, -0.05) is 13.0 Å². The van der Waals surface area contributed by atoms with Crippen molar-refractivity contribution in [1.82, 2.24) is 5.43 Å². The second kappa shape index (κ2) is 6.75. The lowest BCUT2D eigenvalue weighted by molar-refractivity contribution is 0.905. The Kier molecular flexibility index (Phi) is 5.29. The van der Waals surface area contributed by atoms with Gasteiger partial charge in [-0.05, 0) is 24.6 Å². The molecule has 0 aliphatic carbocycles. The van der Waals surface area contributed by atoms with Crippen molar-refractivity contribution < 1.29 is 0 Å². The average Bonchev–Trinajstić information content (AvgIpc) is 2.34. The summed E-state index contributed by atoms with van der Waals surface area (Å²) in [6.07, 6.45) is 0.991. The Labute approximate surface area is 103 Å². The van der Waals surface area contributed by atoms with Gasteiger partial charge in [-0.2, -0.15) is 0 Å². The summed E-state index contributed by atoms with van der Waals surface area (Å²) >= 11 is 0. The molecule has 0 heterocycles. The van der Waals surface area contributed by atoms with Gasteiger partial charge >= 0.3 is 0 Å². The van der Waals surface area contributed by atoms with Gasteiger partial charge in [-0.15, -0.1) is 0 Å². The predicted octanol–water partition coefficient (Wildman–Crippen LogP) is 1.39. The van der Waals surface area contributed by atoms with E-state index in [-0.39, 0.29) is 0 Å². The lowest BCUT2D eigenvalue weighted by Gasteiger charge is -2.15. The number of hydrogen-bond acceptors (Lipinski definition) is 3. The third kappa shape index (κ3) is 4.32. The van der Waals surface area contributed by atoms with Crippen molar-refractivity contribution >= 4 is 17.3 Å². The standard InChI is InChI=1S/C12H21N5/c1-4-8-14-12(16-13)15-10-6-5-7-11(9-10)17(2)3/h5-7,9H,4,8,13H2,1-3H3,(H2,14,15,16). The quantitative estimate of drug-likeness (QED) is 0.319. The first kappa shape index (κ1) is 13.3. The van der Waals surface area contributed by atoms with Crippen LogP contribution in [0.5, 0.6) is 0 Å². The molecule has 0 atom stereocenters. The highest BCUT2D eigenvalue weighted by atomic mass is 15.3. The number of nitrogens with one attached hydrogen (secondary N) is 2. The molecule has 0 unspecified atom stereocenters. The zero-order valence-corrected chi connectivity index (χ0v) is 10.7. The van der Waals surface area contributed by atoms with Crippen molar-refractivity contribution in [3.05, 3.63) is 24.3 Å². The van der Waals surface area contributed by atoms with E-state index in [1.807, 2.05) is 43.3 Å². The van der Waals surface area contributed by atoms with E-state index in [4.69, 9.17) is 5.84 Å². The third-order valence-electron chi connectivity index (χ3n) is 2.26. The van der Waals surface area contributed by atoms with Crippen LogP contribution in [-0.4, -0.2) is 26.6 Å². The molecule has 0 radical (unpaired) electrons. The molecule has 0 fully saturated rings. The fourth-order valence-corrected chi connectivity index (χ4v) is 1.34. The van der Waals surface area contributed by atoms with E-state index >= 15 is 0 Å². The molecule has 0 saturated carbocycles. The first-order valence-electron chi connectivity index (χ1n) is 5.73. The van der Waals surface area contributed by atoms with Crippen LogP contribution in [0.15, 0.2) is 29.3 Å². The minimum Gasteiger partial charge on any atom is -0.378 e. The van der Waals surface area contributed by atoms with Crippen LogP contribution >= 0.6 is 0 Å². The van der Waals surface area contributed by atoms with Crippen molar-refractivity contribution in [3.63, 3.8) is 0 Å². The van der Waals surface area contributed by atoms with Gasteiger partial charge < -0.3 is 10.2 Å². The van der Waals surface area contributed by atoms with E-state index < -0.39 is 0 Å². The summed E-state index contributed by atoms with van der Waals surface area (Å²) in [5.41, 5.74) is 4.65. The number of nitrogens with two attached hydrogens (primary N) is 1. The normalized spacial score (nSPS) is 11.2. The molecule has 0 saturated heterocycles. The monoisotopic (exact) mass is 235 g/mol. The molecule has 0 bridgehead atoms. The van der Waals surface area contributed by atoms with Gasteiger partial charge in [0.25, 0.3) is 0 Å². The van der Waals surface area contributed by atoms with E-state index in [0.717, 1.165) is 24.3 Å². The smallest absolute Gasteiger partial charge is 0.210 e. The number of aliphatic imine (C=N–C) groups is 1. The fourth-order valence-electron chi connectivity index (χ4n) is 1.34. The molecule has 5 nitrogen and oxygen atoms in total. The first-order valence-corrected chi connectivity index (χ1v) is 5.73. The van der Waals surface area contributed by atoms with Gasteiger partial charge in [0.1, 0.15) is 0 Å². The second-order valence-electron chi connectivity index (χ2n) is 3.94. The summed E-state index contributed by atoms with van der Waals surface area (Å²) in [4.78, 5) is 6.33. The summed E-state index contributed by atoms with van der Waals surface area (Å²) in [7, 11) is 4.01. The van der Waals surface area contributed by atoms with Crippen LogP contribution in [0, 0.1) is 0 Å². The predicted molar refractivity (Wildman–Crippen MR) is 74.3 cm³/mol. The molecule has 0 aromatic heterocycles. The van der Waals surface area contributed by atoms with Gasteiger partial charge in [0.2, 0.25) is 5.96 Å². The van der Waals surface area contributed by atoms with E-state index in [1.165, 1.54) is 0 Å². The molecule has 17 heavy (non-hydrogen) atoms. The molecule has 0 amide bonds. The van der Waals surface area contributed by atoms with Crippen molar-refractivity contribution in [2.45, 2.75) is 13.3 Å². The summed E-state index contributed by atoms with van der Waals surface area (Å²) in [5, 5.41) is 3.15. The maximum absolute atomic E-state index is 5.41. The maximum atomic E-state index is 5.41. The Morgan fingerprint density at radius 1 is 1.41 bits per heavy atom. The van der Waals surface area contributed by atoms with Crippen LogP contribution < -0.4 is 21.5 Å². The number of nitrogens with zero attached hydrogens (tertiary/aromatic N) is 2. The number of rotatable bonds is 4. The topological polar surface area (TPSA) is 65.7 Å². The molecule has 1 aromatic rings. The number of hydrazine groups is 1. The molecular formula is C12H21N5. The molecule has 94 valence electrons. The van der Waals surface area contributed by atoms with Crippen molar-refractivity contribution in [2.24, 2.45) is 10.8 Å². The van der Waals surface area contributed by atoms with Crippen molar-refractivity contribution in [3.8, 4) is 0 Å². The highest BCUT2D eigenvalue weighted by molar-refractivity contribution is 5.93. The Hall–Kier alpha value is -1.75. The number of guanidine groups is 1. The van der Waals surface area contributed by atoms with Gasteiger partial charge in [0.15, 0.2) is 0 Å². The highest BCUT2D eigenvalue weighted by Gasteiger charge is 2.00. The van der Waals surface area contributed by atoms with E-state index in [1.54, 1.807) is 0 Å². The highest BCUT2D eigenvalue weighted by Crippen LogP contribution is 2.16. The first-order chi connectivity index (χ1) is 8.17. The molecule has 1 aromatic carbocycles. The van der Waals surface area contributed by atoms with E-state index in [9.17, 15) is 0 Å². The molecule has 5 heteroatoms. The van der Waals surface area contributed by atoms with Crippen LogP contribution in [0.2, 0.25) is 0 Å². The minimum atomic E-state index is 0.586. The minimum absolute atomic E-state index is 0.586. The zero-order valence-electron chi connectivity index (χ0n) is 10.7. The lowest BCUT2D eigenvalue weighted by atomic mass is 10.2. The maximum Gasteiger partial charge on any atom is 0.210 e. The summed E-state index contributed by atoms with van der Waals surface area (Å²) in [6, 6.07) is 8.06. The molecule has 0 spiro atoms. The Morgan fingerprint density at radius 2 is 2.18 bits per heavy atom. The number of benzene rings is 1. The third-order valence-corrected chi connectivity index (χ3v) is 2.26. The zero-order chi connectivity index (χ0) is 12.7. The molecular weight excluding hydrogens is 214 g/mol. The van der Waals surface area contributed by atoms with Gasteiger partial charge in [0, 0.05) is 32.0 Å². The molecule has 1 rings (SSSR count). The average molecular weight is 235 g/mol. The van der Waals surface area contributed by atoms with Gasteiger partial charge in [-0.25, -0.2) is 5.84 Å². The van der Waals surface area contributed by atoms with E-state index in [2.05, 4.69) is 22.7 Å². The van der Waals surface area contributed by atoms with Crippen LogP contribution in [0.3, 0.4) is 0 Å².